The Morgan fingerprint density at radius 1 is 0.855 bits per heavy atom. The molecule has 0 radical (unpaired) electrons. The van der Waals surface area contributed by atoms with Gasteiger partial charge in [-0.15, -0.1) is 11.8 Å². The van der Waals surface area contributed by atoms with E-state index in [0.717, 1.165) is 107 Å². The fraction of sp³-hybridized carbons (Fsp3) is 0.341. The zero-order valence-electron chi connectivity index (χ0n) is 30.4. The van der Waals surface area contributed by atoms with Gasteiger partial charge in [-0.25, -0.2) is 14.6 Å². The molecule has 2 saturated heterocycles. The molecule has 0 bridgehead atoms. The van der Waals surface area contributed by atoms with Crippen LogP contribution in [0.25, 0.3) is 22.3 Å². The molecule has 5 heterocycles. The van der Waals surface area contributed by atoms with Crippen molar-refractivity contribution in [3.05, 3.63) is 90.3 Å². The molecule has 3 N–H and O–H groups in total. The number of amides is 4. The van der Waals surface area contributed by atoms with Gasteiger partial charge in [-0.1, -0.05) is 37.1 Å². The molecule has 2 unspecified atom stereocenters. The molecule has 5 aromatic rings. The first-order valence-electron chi connectivity index (χ1n) is 18.9. The van der Waals surface area contributed by atoms with Crippen LogP contribution in [0.1, 0.15) is 78.1 Å². The molecule has 0 spiro atoms. The summed E-state index contributed by atoms with van der Waals surface area (Å²) >= 11 is 1.57. The molecule has 0 saturated carbocycles. The lowest BCUT2D eigenvalue weighted by molar-refractivity contribution is -0.136. The van der Waals surface area contributed by atoms with Gasteiger partial charge in [-0.05, 0) is 99.5 Å². The first kappa shape index (κ1) is 36.4. The molecule has 14 heteroatoms. The van der Waals surface area contributed by atoms with Crippen molar-refractivity contribution in [3.63, 3.8) is 0 Å². The number of anilines is 1. The summed E-state index contributed by atoms with van der Waals surface area (Å²) in [5.74, 6) is 0.802. The van der Waals surface area contributed by atoms with Crippen LogP contribution in [0.5, 0.6) is 11.5 Å². The Morgan fingerprint density at radius 3 is 2.47 bits per heavy atom. The van der Waals surface area contributed by atoms with Crippen LogP contribution >= 0.6 is 11.8 Å². The highest BCUT2D eigenvalue weighted by atomic mass is 32.2. The highest BCUT2D eigenvalue weighted by Crippen LogP contribution is 2.36. The van der Waals surface area contributed by atoms with E-state index in [9.17, 15) is 19.2 Å². The maximum atomic E-state index is 13.4. The summed E-state index contributed by atoms with van der Waals surface area (Å²) in [6.45, 7) is 2.91. The monoisotopic (exact) mass is 758 g/mol. The van der Waals surface area contributed by atoms with E-state index >= 15 is 0 Å². The van der Waals surface area contributed by atoms with Crippen LogP contribution in [-0.2, 0) is 9.59 Å². The summed E-state index contributed by atoms with van der Waals surface area (Å²) in [6.07, 6.45) is 7.98. The van der Waals surface area contributed by atoms with Crippen molar-refractivity contribution in [3.8, 4) is 22.8 Å². The Bertz CT molecular complexity index is 2250. The minimum atomic E-state index is -0.966. The number of carbonyl (C=O) groups excluding carboxylic acids is 4. The fourth-order valence-electron chi connectivity index (χ4n) is 7.77. The Hall–Kier alpha value is -5.60. The number of rotatable bonds is 13. The number of hydrogen-bond acceptors (Lipinski definition) is 11. The number of nitrogens with one attached hydrogen (secondary N) is 1. The van der Waals surface area contributed by atoms with Gasteiger partial charge in [0.25, 0.3) is 11.8 Å². The number of fused-ring (bicyclic) bond motifs is 2. The first-order chi connectivity index (χ1) is 26.9. The zero-order valence-corrected chi connectivity index (χ0v) is 31.2. The van der Waals surface area contributed by atoms with Gasteiger partial charge in [0.05, 0.1) is 22.6 Å². The highest BCUT2D eigenvalue weighted by Gasteiger charge is 2.45. The number of hydrogen-bond donors (Lipinski definition) is 2. The first-order valence-corrected chi connectivity index (χ1v) is 19.9. The van der Waals surface area contributed by atoms with Gasteiger partial charge in [0.2, 0.25) is 11.8 Å². The van der Waals surface area contributed by atoms with Gasteiger partial charge in [0.15, 0.2) is 5.65 Å². The quantitative estimate of drug-likeness (QED) is 0.0791. The Morgan fingerprint density at radius 2 is 1.65 bits per heavy atom. The lowest BCUT2D eigenvalue weighted by Gasteiger charge is -2.33. The number of nitrogens with two attached hydrogens (primary N) is 1. The number of ether oxygens (including phenoxy) is 1. The Balaban J connectivity index is 0.836. The predicted molar refractivity (Wildman–Crippen MR) is 209 cm³/mol. The molecule has 3 aromatic carbocycles. The van der Waals surface area contributed by atoms with E-state index in [1.54, 1.807) is 23.9 Å². The van der Waals surface area contributed by atoms with Gasteiger partial charge in [-0.3, -0.25) is 29.4 Å². The summed E-state index contributed by atoms with van der Waals surface area (Å²) in [5, 5.41) is 8.12. The Labute approximate surface area is 322 Å². The maximum Gasteiger partial charge on any atom is 0.263 e. The summed E-state index contributed by atoms with van der Waals surface area (Å²) in [4.78, 5) is 63.9. The average molecular weight is 759 g/mol. The lowest BCUT2D eigenvalue weighted by atomic mass is 10.0. The minimum Gasteiger partial charge on any atom is -0.457 e. The van der Waals surface area contributed by atoms with Gasteiger partial charge in [-0.2, -0.15) is 5.10 Å². The number of nitrogen functional groups attached to an aromatic ring is 1. The third-order valence-corrected chi connectivity index (χ3v) is 11.7. The van der Waals surface area contributed by atoms with Crippen LogP contribution in [-0.4, -0.2) is 84.6 Å². The van der Waals surface area contributed by atoms with Crippen LogP contribution in [0.15, 0.2) is 84.0 Å². The van der Waals surface area contributed by atoms with Crippen molar-refractivity contribution in [1.29, 1.82) is 0 Å². The lowest BCUT2D eigenvalue weighted by Crippen LogP contribution is -2.54. The van der Waals surface area contributed by atoms with Crippen LogP contribution in [0.2, 0.25) is 0 Å². The highest BCUT2D eigenvalue weighted by molar-refractivity contribution is 7.99. The number of aromatic nitrogens is 4. The molecule has 2 aromatic heterocycles. The molecule has 0 aliphatic carbocycles. The molecule has 8 rings (SSSR count). The standard InChI is InChI=1S/C41H42N8O5S/c42-37-35-36(26-15-17-29(18-16-26)54-28-11-4-3-5-12-28)46-49(38(35)44-25-43-37)27-10-9-22-47(24-27)21-6-1-2-7-23-55-32-14-8-13-30-34(32)41(53)48(40(30)52)31-19-20-33(50)45-39(31)51/h3-5,8,11-18,25,27,31H,1-2,6-7,9-10,19-24H2,(H2,42,43,44)(H,45,50,51). The number of unbranched alkanes of at least 4 members (excludes halogenated alkanes) is 3. The van der Waals surface area contributed by atoms with Gasteiger partial charge >= 0.3 is 0 Å². The van der Waals surface area contributed by atoms with E-state index < -0.39 is 23.8 Å². The SMILES string of the molecule is Nc1ncnc2c1c(-c1ccc(Oc3ccccc3)cc1)nn2C1CCCN(CCCCCCSc2cccc3c2C(=O)N(C2CCC(=O)NC2=O)C3=O)C1. The minimum absolute atomic E-state index is 0.0969. The van der Waals surface area contributed by atoms with Crippen molar-refractivity contribution in [2.75, 3.05) is 31.1 Å². The van der Waals surface area contributed by atoms with E-state index in [1.807, 2.05) is 65.3 Å². The van der Waals surface area contributed by atoms with Gasteiger partial charge in [0, 0.05) is 23.4 Å². The second-order valence-electron chi connectivity index (χ2n) is 14.2. The molecule has 2 fully saturated rings. The van der Waals surface area contributed by atoms with Crippen LogP contribution < -0.4 is 15.8 Å². The number of carbonyl (C=O) groups is 4. The van der Waals surface area contributed by atoms with Crippen molar-refractivity contribution >= 4 is 52.2 Å². The molecule has 13 nitrogen and oxygen atoms in total. The number of imide groups is 2. The van der Waals surface area contributed by atoms with Gasteiger partial charge in [0.1, 0.15) is 35.4 Å². The number of nitrogens with zero attached hydrogens (tertiary/aromatic N) is 6. The topological polar surface area (TPSA) is 166 Å². The maximum absolute atomic E-state index is 13.4. The molecule has 2 atom stereocenters. The largest absolute Gasteiger partial charge is 0.457 e. The van der Waals surface area contributed by atoms with Crippen LogP contribution in [0.4, 0.5) is 5.82 Å². The van der Waals surface area contributed by atoms with Crippen molar-refractivity contribution < 1.29 is 23.9 Å². The summed E-state index contributed by atoms with van der Waals surface area (Å²) in [7, 11) is 0. The second-order valence-corrected chi connectivity index (χ2v) is 15.3. The van der Waals surface area contributed by atoms with E-state index in [0.29, 0.717) is 16.9 Å². The van der Waals surface area contributed by atoms with E-state index in [4.69, 9.17) is 15.6 Å². The average Bonchev–Trinajstić information content (AvgIpc) is 3.71. The van der Waals surface area contributed by atoms with E-state index in [-0.39, 0.29) is 24.8 Å². The number of piperidine rings is 2. The number of likely N-dealkylation sites (tertiary alicyclic amines) is 1. The zero-order chi connectivity index (χ0) is 37.9. The van der Waals surface area contributed by atoms with E-state index in [2.05, 4.69) is 20.2 Å². The van der Waals surface area contributed by atoms with Crippen molar-refractivity contribution in [2.24, 2.45) is 0 Å². The summed E-state index contributed by atoms with van der Waals surface area (Å²) < 4.78 is 8.04. The molecule has 282 valence electrons. The molecule has 55 heavy (non-hydrogen) atoms. The number of benzene rings is 3. The number of para-hydroxylation sites is 1. The van der Waals surface area contributed by atoms with Crippen LogP contribution in [0, 0.1) is 0 Å². The molecule has 3 aliphatic rings. The Kier molecular flexibility index (Phi) is 10.6. The van der Waals surface area contributed by atoms with Crippen molar-refractivity contribution in [2.45, 2.75) is 68.3 Å². The summed E-state index contributed by atoms with van der Waals surface area (Å²) in [6, 6.07) is 22.0. The number of thioether (sulfide) groups is 1. The predicted octanol–water partition coefficient (Wildman–Crippen LogP) is 6.26. The van der Waals surface area contributed by atoms with Crippen molar-refractivity contribution in [1.82, 2.24) is 34.9 Å². The third kappa shape index (κ3) is 7.56. The summed E-state index contributed by atoms with van der Waals surface area (Å²) in [5.41, 5.74) is 9.53. The smallest absolute Gasteiger partial charge is 0.263 e. The molecule has 4 amide bonds. The molecule has 3 aliphatic heterocycles. The molecular formula is C41H42N8O5S. The van der Waals surface area contributed by atoms with Gasteiger partial charge < -0.3 is 15.4 Å². The fourth-order valence-corrected chi connectivity index (χ4v) is 8.85. The third-order valence-electron chi connectivity index (χ3n) is 10.5. The van der Waals surface area contributed by atoms with E-state index in [1.165, 1.54) is 6.33 Å². The molecular weight excluding hydrogens is 717 g/mol. The van der Waals surface area contributed by atoms with Crippen LogP contribution in [0.3, 0.4) is 0 Å². The normalized spacial score (nSPS) is 18.9. The second kappa shape index (κ2) is 16.0.